The molecule has 1 saturated heterocycles. The van der Waals surface area contributed by atoms with Crippen molar-refractivity contribution in [2.75, 3.05) is 26.9 Å². The number of methoxy groups -OCH3 is 1. The van der Waals surface area contributed by atoms with Crippen LogP contribution < -0.4 is 9.47 Å². The summed E-state index contributed by atoms with van der Waals surface area (Å²) >= 11 is 0. The van der Waals surface area contributed by atoms with Gasteiger partial charge in [-0.25, -0.2) is 0 Å². The van der Waals surface area contributed by atoms with Crippen LogP contribution in [0.5, 0.6) is 11.5 Å². The number of aliphatic hydroxyl groups excluding tert-OH is 1. The lowest BCUT2D eigenvalue weighted by Crippen LogP contribution is -2.31. The van der Waals surface area contributed by atoms with E-state index >= 15 is 0 Å². The van der Waals surface area contributed by atoms with Crippen molar-refractivity contribution in [2.24, 2.45) is 0 Å². The van der Waals surface area contributed by atoms with Gasteiger partial charge in [0.25, 0.3) is 11.7 Å². The molecule has 176 valence electrons. The molecule has 1 fully saturated rings. The van der Waals surface area contributed by atoms with Gasteiger partial charge < -0.3 is 24.2 Å². The fourth-order valence-corrected chi connectivity index (χ4v) is 3.90. The Bertz CT molecular complexity index is 1010. The minimum atomic E-state index is -0.728. The second-order valence-corrected chi connectivity index (χ2v) is 8.04. The number of ketones is 1. The zero-order chi connectivity index (χ0) is 24.0. The molecule has 0 saturated carbocycles. The monoisotopic (exact) mass is 453 g/mol. The summed E-state index contributed by atoms with van der Waals surface area (Å²) in [5.74, 6) is -0.279. The number of carbonyl (C=O) groups is 2. The highest BCUT2D eigenvalue weighted by atomic mass is 16.5. The molecule has 0 bridgehead atoms. The summed E-state index contributed by atoms with van der Waals surface area (Å²) in [7, 11) is 1.59. The number of hydrogen-bond acceptors (Lipinski definition) is 6. The van der Waals surface area contributed by atoms with E-state index in [9.17, 15) is 14.7 Å². The van der Waals surface area contributed by atoms with Gasteiger partial charge in [-0.1, -0.05) is 12.1 Å². The molecule has 1 unspecified atom stereocenters. The van der Waals surface area contributed by atoms with Gasteiger partial charge in [0.1, 0.15) is 17.3 Å². The second-order valence-electron chi connectivity index (χ2n) is 8.04. The van der Waals surface area contributed by atoms with Crippen LogP contribution in [-0.2, 0) is 14.3 Å². The van der Waals surface area contributed by atoms with Crippen LogP contribution in [-0.4, -0.2) is 54.7 Å². The normalized spacial score (nSPS) is 17.6. The number of benzene rings is 2. The third kappa shape index (κ3) is 5.54. The molecule has 1 atom stereocenters. The molecule has 33 heavy (non-hydrogen) atoms. The second kappa shape index (κ2) is 11.0. The Morgan fingerprint density at radius 2 is 1.82 bits per heavy atom. The summed E-state index contributed by atoms with van der Waals surface area (Å²) in [5, 5.41) is 11.2. The predicted octanol–water partition coefficient (Wildman–Crippen LogP) is 4.33. The minimum absolute atomic E-state index is 0.0134. The first-order valence-electron chi connectivity index (χ1n) is 11.1. The number of hydrogen-bond donors (Lipinski definition) is 1. The van der Waals surface area contributed by atoms with E-state index in [1.165, 1.54) is 4.90 Å². The number of Topliss-reactive ketones (excluding diaryl/α,β-unsaturated/α-hetero) is 1. The number of ether oxygens (including phenoxy) is 3. The predicted molar refractivity (Wildman–Crippen MR) is 125 cm³/mol. The van der Waals surface area contributed by atoms with E-state index in [1.807, 2.05) is 39.0 Å². The molecule has 1 amide bonds. The molecule has 0 aliphatic carbocycles. The van der Waals surface area contributed by atoms with Crippen molar-refractivity contribution in [3.63, 3.8) is 0 Å². The zero-order valence-corrected chi connectivity index (χ0v) is 19.5. The van der Waals surface area contributed by atoms with Crippen LogP contribution in [0.1, 0.15) is 44.4 Å². The maximum Gasteiger partial charge on any atom is 0.295 e. The van der Waals surface area contributed by atoms with Gasteiger partial charge in [-0.05, 0) is 69.2 Å². The van der Waals surface area contributed by atoms with E-state index in [-0.39, 0.29) is 17.4 Å². The first kappa shape index (κ1) is 24.3. The van der Waals surface area contributed by atoms with E-state index in [4.69, 9.17) is 14.2 Å². The highest BCUT2D eigenvalue weighted by molar-refractivity contribution is 6.46. The summed E-state index contributed by atoms with van der Waals surface area (Å²) in [6, 6.07) is 13.4. The van der Waals surface area contributed by atoms with Gasteiger partial charge in [-0.3, -0.25) is 9.59 Å². The molecule has 2 aromatic rings. The van der Waals surface area contributed by atoms with Gasteiger partial charge in [0.15, 0.2) is 0 Å². The van der Waals surface area contributed by atoms with Gasteiger partial charge in [0, 0.05) is 25.8 Å². The average molecular weight is 454 g/mol. The molecule has 0 aromatic heterocycles. The van der Waals surface area contributed by atoms with E-state index in [0.29, 0.717) is 48.8 Å². The Morgan fingerprint density at radius 1 is 1.09 bits per heavy atom. The van der Waals surface area contributed by atoms with Crippen LogP contribution in [0.3, 0.4) is 0 Å². The van der Waals surface area contributed by atoms with Gasteiger partial charge in [-0.15, -0.1) is 0 Å². The van der Waals surface area contributed by atoms with E-state index in [2.05, 4.69) is 0 Å². The summed E-state index contributed by atoms with van der Waals surface area (Å²) in [5.41, 5.74) is 1.19. The van der Waals surface area contributed by atoms with E-state index in [0.717, 1.165) is 0 Å². The van der Waals surface area contributed by atoms with Crippen LogP contribution in [0.2, 0.25) is 0 Å². The topological polar surface area (TPSA) is 85.3 Å². The van der Waals surface area contributed by atoms with Crippen LogP contribution >= 0.6 is 0 Å². The first-order valence-corrected chi connectivity index (χ1v) is 11.1. The van der Waals surface area contributed by atoms with Crippen LogP contribution in [0, 0.1) is 0 Å². The van der Waals surface area contributed by atoms with Crippen molar-refractivity contribution in [1.29, 1.82) is 0 Å². The molecule has 0 radical (unpaired) electrons. The van der Waals surface area contributed by atoms with Crippen molar-refractivity contribution in [2.45, 2.75) is 39.3 Å². The standard InChI is InChI=1S/C26H31NO6/c1-5-32-21-9-6-8-19(16-21)23-22(25(29)26(30)27(23)14-7-15-31-4)24(28)18-10-12-20(13-11-18)33-17(2)3/h6,8-13,16-17,23,28H,5,7,14-15H2,1-4H3/b24-22-. The van der Waals surface area contributed by atoms with Gasteiger partial charge >= 0.3 is 0 Å². The molecule has 1 heterocycles. The molecule has 1 aliphatic heterocycles. The molecule has 1 aliphatic rings. The Balaban J connectivity index is 2.07. The Kier molecular flexibility index (Phi) is 8.11. The Hall–Kier alpha value is -3.32. The van der Waals surface area contributed by atoms with Crippen LogP contribution in [0.4, 0.5) is 0 Å². The van der Waals surface area contributed by atoms with E-state index < -0.39 is 17.7 Å². The summed E-state index contributed by atoms with van der Waals surface area (Å²) in [6.07, 6.45) is 0.575. The molecular weight excluding hydrogens is 422 g/mol. The lowest BCUT2D eigenvalue weighted by molar-refractivity contribution is -0.140. The number of rotatable bonds is 10. The molecule has 3 rings (SSSR count). The molecule has 7 heteroatoms. The largest absolute Gasteiger partial charge is 0.507 e. The third-order valence-electron chi connectivity index (χ3n) is 5.27. The smallest absolute Gasteiger partial charge is 0.295 e. The quantitative estimate of drug-likeness (QED) is 0.249. The van der Waals surface area contributed by atoms with Crippen molar-refractivity contribution in [3.8, 4) is 11.5 Å². The lowest BCUT2D eigenvalue weighted by Gasteiger charge is -2.25. The maximum atomic E-state index is 13.1. The van der Waals surface area contributed by atoms with Gasteiger partial charge in [0.05, 0.1) is 24.3 Å². The molecular formula is C26H31NO6. The molecule has 2 aromatic carbocycles. The zero-order valence-electron chi connectivity index (χ0n) is 19.5. The lowest BCUT2D eigenvalue weighted by atomic mass is 9.95. The first-order chi connectivity index (χ1) is 15.9. The fourth-order valence-electron chi connectivity index (χ4n) is 3.90. The van der Waals surface area contributed by atoms with Gasteiger partial charge in [0.2, 0.25) is 0 Å². The fraction of sp³-hybridized carbons (Fsp3) is 0.385. The van der Waals surface area contributed by atoms with Crippen LogP contribution in [0.25, 0.3) is 5.76 Å². The summed E-state index contributed by atoms with van der Waals surface area (Å²) in [6.45, 7) is 7.00. The Labute approximate surface area is 194 Å². The maximum absolute atomic E-state index is 13.1. The van der Waals surface area contributed by atoms with Gasteiger partial charge in [-0.2, -0.15) is 0 Å². The Morgan fingerprint density at radius 3 is 2.45 bits per heavy atom. The van der Waals surface area contributed by atoms with Crippen molar-refractivity contribution in [1.82, 2.24) is 4.90 Å². The van der Waals surface area contributed by atoms with Crippen LogP contribution in [0.15, 0.2) is 54.1 Å². The molecule has 7 nitrogen and oxygen atoms in total. The number of likely N-dealkylation sites (tertiary alicyclic amines) is 1. The third-order valence-corrected chi connectivity index (χ3v) is 5.27. The number of aliphatic hydroxyl groups is 1. The molecule has 1 N–H and O–H groups in total. The number of nitrogens with zero attached hydrogens (tertiary/aromatic N) is 1. The summed E-state index contributed by atoms with van der Waals surface area (Å²) in [4.78, 5) is 27.5. The number of amides is 1. The number of carbonyl (C=O) groups excluding carboxylic acids is 2. The van der Waals surface area contributed by atoms with Crippen molar-refractivity contribution >= 4 is 17.4 Å². The minimum Gasteiger partial charge on any atom is -0.507 e. The molecule has 0 spiro atoms. The SMILES string of the molecule is CCOc1cccc(C2/C(=C(/O)c3ccc(OC(C)C)cc3)C(=O)C(=O)N2CCCOC)c1. The van der Waals surface area contributed by atoms with Crippen molar-refractivity contribution in [3.05, 3.63) is 65.2 Å². The summed E-state index contributed by atoms with van der Waals surface area (Å²) < 4.78 is 16.4. The average Bonchev–Trinajstić information content (AvgIpc) is 3.04. The highest BCUT2D eigenvalue weighted by Crippen LogP contribution is 2.40. The van der Waals surface area contributed by atoms with E-state index in [1.54, 1.807) is 37.4 Å². The van der Waals surface area contributed by atoms with Crippen molar-refractivity contribution < 1.29 is 28.9 Å². The highest BCUT2D eigenvalue weighted by Gasteiger charge is 2.45.